The fourth-order valence-electron chi connectivity index (χ4n) is 3.24. The van der Waals surface area contributed by atoms with Crippen LogP contribution >= 0.6 is 0 Å². The van der Waals surface area contributed by atoms with Gasteiger partial charge in [-0.2, -0.15) is 0 Å². The number of nitrogens with one attached hydrogen (secondary N) is 1. The molecule has 7 nitrogen and oxygen atoms in total. The Balaban J connectivity index is 1.57. The molecule has 3 rings (SSSR count). The summed E-state index contributed by atoms with van der Waals surface area (Å²) in [5.74, 6) is -0.655. The summed E-state index contributed by atoms with van der Waals surface area (Å²) < 4.78 is 0. The molecule has 29 heavy (non-hydrogen) atoms. The van der Waals surface area contributed by atoms with Crippen LogP contribution in [-0.4, -0.2) is 27.0 Å². The van der Waals surface area contributed by atoms with Gasteiger partial charge in [0.1, 0.15) is 5.82 Å². The van der Waals surface area contributed by atoms with Crippen molar-refractivity contribution >= 4 is 28.6 Å². The van der Waals surface area contributed by atoms with E-state index in [1.807, 2.05) is 42.5 Å². The van der Waals surface area contributed by atoms with Crippen LogP contribution in [0.1, 0.15) is 42.9 Å². The average Bonchev–Trinajstić information content (AvgIpc) is 2.70. The first-order chi connectivity index (χ1) is 14.0. The summed E-state index contributed by atoms with van der Waals surface area (Å²) in [7, 11) is 0. The quantitative estimate of drug-likeness (QED) is 0.481. The van der Waals surface area contributed by atoms with Gasteiger partial charge < -0.3 is 16.2 Å². The van der Waals surface area contributed by atoms with Gasteiger partial charge in [-0.15, -0.1) is 0 Å². The Bertz CT molecular complexity index is 1010. The highest BCUT2D eigenvalue weighted by molar-refractivity contribution is 5.80. The molecule has 0 spiro atoms. The van der Waals surface area contributed by atoms with Gasteiger partial charge in [-0.25, -0.2) is 4.98 Å². The molecule has 0 fully saturated rings. The maximum absolute atomic E-state index is 12.4. The number of hydrogen-bond donors (Lipinski definition) is 3. The third-order valence-electron chi connectivity index (χ3n) is 4.69. The third-order valence-corrected chi connectivity index (χ3v) is 4.69. The number of carbonyl (C=O) groups is 2. The van der Waals surface area contributed by atoms with Crippen LogP contribution in [0.15, 0.2) is 54.9 Å². The maximum Gasteiger partial charge on any atom is 0.305 e. The number of carbonyl (C=O) groups excluding carboxylic acids is 1. The van der Waals surface area contributed by atoms with Gasteiger partial charge >= 0.3 is 5.97 Å². The summed E-state index contributed by atoms with van der Waals surface area (Å²) >= 11 is 0. The molecule has 1 aromatic carbocycles. The van der Waals surface area contributed by atoms with Gasteiger partial charge in [-0.1, -0.05) is 18.2 Å². The monoisotopic (exact) mass is 392 g/mol. The van der Waals surface area contributed by atoms with Crippen LogP contribution in [0, 0.1) is 0 Å². The summed E-state index contributed by atoms with van der Waals surface area (Å²) in [4.78, 5) is 32.0. The molecule has 2 aromatic heterocycles. The molecule has 0 radical (unpaired) electrons. The Labute approximate surface area is 169 Å². The fraction of sp³-hybridized carbons (Fsp3) is 0.273. The van der Waals surface area contributed by atoms with Gasteiger partial charge in [0.25, 0.3) is 0 Å². The van der Waals surface area contributed by atoms with Crippen molar-refractivity contribution in [2.75, 3.05) is 5.73 Å². The Morgan fingerprint density at radius 2 is 1.93 bits per heavy atom. The number of nitrogens with two attached hydrogens (primary N) is 1. The average molecular weight is 392 g/mol. The minimum Gasteiger partial charge on any atom is -0.481 e. The standard InChI is InChI=1S/C22H24N4O3/c23-20-11-15(9-10-24-20)5-1-4-8-21(27)26-19(13-22(28)29)17-12-16-6-2-3-7-18(16)25-14-17/h2-3,6-7,9-12,14,19H,1,4-5,8,13H2,(H2,23,24)(H,26,27)(H,28,29)/t19-/m0/s1. The number of carboxylic acids is 1. The molecule has 150 valence electrons. The summed E-state index contributed by atoms with van der Waals surface area (Å²) in [6.45, 7) is 0. The topological polar surface area (TPSA) is 118 Å². The van der Waals surface area contributed by atoms with Crippen LogP contribution < -0.4 is 11.1 Å². The van der Waals surface area contributed by atoms with Crippen molar-refractivity contribution in [1.29, 1.82) is 0 Å². The molecule has 1 atom stereocenters. The van der Waals surface area contributed by atoms with Crippen LogP contribution in [-0.2, 0) is 16.0 Å². The van der Waals surface area contributed by atoms with Crippen LogP contribution in [0.2, 0.25) is 0 Å². The number of pyridine rings is 2. The predicted octanol–water partition coefficient (Wildman–Crippen LogP) is 3.26. The summed E-state index contributed by atoms with van der Waals surface area (Å²) in [5, 5.41) is 13.0. The number of amides is 1. The number of nitrogens with zero attached hydrogens (tertiary/aromatic N) is 2. The molecule has 1 amide bonds. The number of benzene rings is 1. The SMILES string of the molecule is Nc1cc(CCCCC(=O)N[C@@H](CC(=O)O)c2cnc3ccccc3c2)ccn1. The van der Waals surface area contributed by atoms with Crippen molar-refractivity contribution in [3.05, 3.63) is 66.0 Å². The van der Waals surface area contributed by atoms with Crippen molar-refractivity contribution < 1.29 is 14.7 Å². The normalized spacial score (nSPS) is 11.9. The molecule has 0 saturated heterocycles. The lowest BCUT2D eigenvalue weighted by Gasteiger charge is -2.18. The second-order valence-corrected chi connectivity index (χ2v) is 6.98. The van der Waals surface area contributed by atoms with E-state index >= 15 is 0 Å². The number of nitrogen functional groups attached to an aromatic ring is 1. The smallest absolute Gasteiger partial charge is 0.305 e. The van der Waals surface area contributed by atoms with Gasteiger partial charge in [-0.3, -0.25) is 14.6 Å². The van der Waals surface area contributed by atoms with Gasteiger partial charge in [0.05, 0.1) is 18.0 Å². The van der Waals surface area contributed by atoms with Crippen LogP contribution in [0.4, 0.5) is 5.82 Å². The first kappa shape index (κ1) is 20.3. The predicted molar refractivity (Wildman–Crippen MR) is 111 cm³/mol. The van der Waals surface area contributed by atoms with E-state index < -0.39 is 12.0 Å². The Morgan fingerprint density at radius 3 is 2.72 bits per heavy atom. The number of rotatable bonds is 9. The van der Waals surface area contributed by atoms with Crippen molar-refractivity contribution in [1.82, 2.24) is 15.3 Å². The molecule has 7 heteroatoms. The zero-order chi connectivity index (χ0) is 20.6. The van der Waals surface area contributed by atoms with Crippen molar-refractivity contribution in [3.63, 3.8) is 0 Å². The van der Waals surface area contributed by atoms with E-state index in [1.165, 1.54) is 0 Å². The second kappa shape index (κ2) is 9.64. The molecule has 0 aliphatic rings. The number of anilines is 1. The minimum atomic E-state index is -0.973. The maximum atomic E-state index is 12.4. The zero-order valence-corrected chi connectivity index (χ0v) is 16.0. The molecular formula is C22H24N4O3. The van der Waals surface area contributed by atoms with E-state index in [-0.39, 0.29) is 12.3 Å². The van der Waals surface area contributed by atoms with Crippen LogP contribution in [0.25, 0.3) is 10.9 Å². The minimum absolute atomic E-state index is 0.168. The lowest BCUT2D eigenvalue weighted by molar-refractivity contribution is -0.137. The van der Waals surface area contributed by atoms with Gasteiger partial charge in [0, 0.05) is 24.2 Å². The molecule has 0 unspecified atom stereocenters. The van der Waals surface area contributed by atoms with E-state index in [0.717, 1.165) is 29.3 Å². The Kier molecular flexibility index (Phi) is 6.73. The van der Waals surface area contributed by atoms with Gasteiger partial charge in [-0.05, 0) is 54.7 Å². The number of aliphatic carboxylic acids is 1. The van der Waals surface area contributed by atoms with E-state index in [0.29, 0.717) is 24.2 Å². The highest BCUT2D eigenvalue weighted by atomic mass is 16.4. The zero-order valence-electron chi connectivity index (χ0n) is 16.0. The Morgan fingerprint density at radius 1 is 1.10 bits per heavy atom. The van der Waals surface area contributed by atoms with E-state index in [1.54, 1.807) is 12.4 Å². The first-order valence-electron chi connectivity index (χ1n) is 9.57. The molecule has 3 aromatic rings. The lowest BCUT2D eigenvalue weighted by Crippen LogP contribution is -2.30. The molecule has 0 aliphatic carbocycles. The van der Waals surface area contributed by atoms with Crippen LogP contribution in [0.3, 0.4) is 0 Å². The third kappa shape index (κ3) is 6.00. The number of carboxylic acid groups (broad SMARTS) is 1. The van der Waals surface area contributed by atoms with Gasteiger partial charge in [0.2, 0.25) is 5.91 Å². The van der Waals surface area contributed by atoms with E-state index in [9.17, 15) is 14.7 Å². The molecule has 0 aliphatic heterocycles. The van der Waals surface area contributed by atoms with E-state index in [2.05, 4.69) is 15.3 Å². The van der Waals surface area contributed by atoms with Gasteiger partial charge in [0.15, 0.2) is 0 Å². The highest BCUT2D eigenvalue weighted by Crippen LogP contribution is 2.21. The highest BCUT2D eigenvalue weighted by Gasteiger charge is 2.18. The molecule has 4 N–H and O–H groups in total. The number of aryl methyl sites for hydroxylation is 1. The second-order valence-electron chi connectivity index (χ2n) is 6.98. The van der Waals surface area contributed by atoms with Crippen molar-refractivity contribution in [2.45, 2.75) is 38.1 Å². The Hall–Kier alpha value is -3.48. The largest absolute Gasteiger partial charge is 0.481 e. The fourth-order valence-corrected chi connectivity index (χ4v) is 3.24. The van der Waals surface area contributed by atoms with Crippen molar-refractivity contribution in [2.24, 2.45) is 0 Å². The number of hydrogen-bond acceptors (Lipinski definition) is 5. The first-order valence-corrected chi connectivity index (χ1v) is 9.57. The molecule has 0 bridgehead atoms. The number of para-hydroxylation sites is 1. The summed E-state index contributed by atoms with van der Waals surface area (Å²) in [6, 6.07) is 12.6. The number of fused-ring (bicyclic) bond motifs is 1. The summed E-state index contributed by atoms with van der Waals surface area (Å²) in [5.41, 5.74) is 8.27. The number of unbranched alkanes of at least 4 members (excludes halogenated alkanes) is 1. The van der Waals surface area contributed by atoms with Crippen LogP contribution in [0.5, 0.6) is 0 Å². The lowest BCUT2D eigenvalue weighted by atomic mass is 10.0. The summed E-state index contributed by atoms with van der Waals surface area (Å²) in [6.07, 6.45) is 5.78. The molecule has 0 saturated carbocycles. The molecule has 2 heterocycles. The van der Waals surface area contributed by atoms with E-state index in [4.69, 9.17) is 5.73 Å². The number of aromatic nitrogens is 2. The molecular weight excluding hydrogens is 368 g/mol. The van der Waals surface area contributed by atoms with Crippen molar-refractivity contribution in [3.8, 4) is 0 Å².